The fourth-order valence-corrected chi connectivity index (χ4v) is 1.82. The van der Waals surface area contributed by atoms with E-state index in [1.807, 2.05) is 36.0 Å². The Labute approximate surface area is 87.0 Å². The first-order valence-electron chi connectivity index (χ1n) is 4.27. The summed E-state index contributed by atoms with van der Waals surface area (Å²) in [6, 6.07) is 5.78. The van der Waals surface area contributed by atoms with Crippen LogP contribution in [0.15, 0.2) is 24.4 Å². The maximum absolute atomic E-state index is 5.92. The van der Waals surface area contributed by atoms with E-state index in [4.69, 9.17) is 17.5 Å². The molecule has 0 aliphatic carbocycles. The van der Waals surface area contributed by atoms with Gasteiger partial charge in [0.05, 0.1) is 6.61 Å². The summed E-state index contributed by atoms with van der Waals surface area (Å²) >= 11 is 5.92. The van der Waals surface area contributed by atoms with Gasteiger partial charge in [0.1, 0.15) is 0 Å². The molecule has 2 N–H and O–H groups in total. The normalized spacial score (nSPS) is 11.1. The predicted molar refractivity (Wildman–Crippen MR) is 56.9 cm³/mol. The molecule has 0 spiro atoms. The zero-order valence-electron chi connectivity index (χ0n) is 7.83. The quantitative estimate of drug-likeness (QED) is 0.773. The maximum Gasteiger partial charge on any atom is 0.0950 e. The molecule has 0 saturated heterocycles. The Morgan fingerprint density at radius 2 is 2.29 bits per heavy atom. The van der Waals surface area contributed by atoms with Gasteiger partial charge >= 0.3 is 0 Å². The average molecular weight is 211 g/mol. The molecule has 1 heterocycles. The first-order chi connectivity index (χ1) is 6.72. The summed E-state index contributed by atoms with van der Waals surface area (Å²) in [7, 11) is 1.98. The van der Waals surface area contributed by atoms with Gasteiger partial charge in [-0.25, -0.2) is 5.90 Å². The van der Waals surface area contributed by atoms with Crippen LogP contribution in [0.1, 0.15) is 5.56 Å². The van der Waals surface area contributed by atoms with Crippen molar-refractivity contribution < 1.29 is 4.84 Å². The van der Waals surface area contributed by atoms with Crippen LogP contribution < -0.4 is 5.90 Å². The van der Waals surface area contributed by atoms with E-state index in [0.717, 1.165) is 21.5 Å². The van der Waals surface area contributed by atoms with Crippen molar-refractivity contribution in [2.75, 3.05) is 0 Å². The van der Waals surface area contributed by atoms with E-state index < -0.39 is 0 Å². The number of rotatable bonds is 2. The van der Waals surface area contributed by atoms with Crippen LogP contribution in [0, 0.1) is 0 Å². The summed E-state index contributed by atoms with van der Waals surface area (Å²) < 4.78 is 2.03. The van der Waals surface area contributed by atoms with Gasteiger partial charge in [-0.3, -0.25) is 4.84 Å². The fourth-order valence-electron chi connectivity index (χ4n) is 1.65. The summed E-state index contributed by atoms with van der Waals surface area (Å²) in [5, 5.41) is 1.81. The summed E-state index contributed by atoms with van der Waals surface area (Å²) in [6.45, 7) is 0.400. The lowest BCUT2D eigenvalue weighted by atomic mass is 10.2. The number of benzene rings is 1. The number of hydrogen-bond acceptors (Lipinski definition) is 2. The smallest absolute Gasteiger partial charge is 0.0950 e. The molecule has 3 nitrogen and oxygen atoms in total. The molecule has 74 valence electrons. The average Bonchev–Trinajstić information content (AvgIpc) is 2.44. The lowest BCUT2D eigenvalue weighted by molar-refractivity contribution is 0.125. The van der Waals surface area contributed by atoms with Gasteiger partial charge in [-0.2, -0.15) is 0 Å². The Morgan fingerprint density at radius 3 is 3.00 bits per heavy atom. The molecule has 1 aromatic heterocycles. The van der Waals surface area contributed by atoms with E-state index in [-0.39, 0.29) is 0 Å². The minimum absolute atomic E-state index is 0.400. The van der Waals surface area contributed by atoms with Gasteiger partial charge in [0, 0.05) is 34.7 Å². The molecule has 4 heteroatoms. The van der Waals surface area contributed by atoms with Crippen molar-refractivity contribution in [1.82, 2.24) is 4.57 Å². The summed E-state index contributed by atoms with van der Waals surface area (Å²) in [6.07, 6.45) is 1.99. The molecule has 14 heavy (non-hydrogen) atoms. The molecular weight excluding hydrogens is 200 g/mol. The van der Waals surface area contributed by atoms with E-state index >= 15 is 0 Å². The molecule has 1 aromatic carbocycles. The molecule has 0 aliphatic rings. The highest BCUT2D eigenvalue weighted by Crippen LogP contribution is 2.24. The highest BCUT2D eigenvalue weighted by Gasteiger charge is 2.06. The molecule has 0 atom stereocenters. The van der Waals surface area contributed by atoms with Crippen LogP contribution in [0.4, 0.5) is 0 Å². The monoisotopic (exact) mass is 210 g/mol. The molecule has 0 bridgehead atoms. The first-order valence-corrected chi connectivity index (χ1v) is 4.65. The van der Waals surface area contributed by atoms with Crippen molar-refractivity contribution in [3.63, 3.8) is 0 Å². The highest BCUT2D eigenvalue weighted by molar-refractivity contribution is 6.31. The Hall–Kier alpha value is -1.03. The zero-order chi connectivity index (χ0) is 10.1. The van der Waals surface area contributed by atoms with Gasteiger partial charge in [0.25, 0.3) is 0 Å². The number of aromatic nitrogens is 1. The van der Waals surface area contributed by atoms with E-state index in [0.29, 0.717) is 6.61 Å². The van der Waals surface area contributed by atoms with Crippen LogP contribution in [0.25, 0.3) is 10.9 Å². The number of aryl methyl sites for hydroxylation is 1. The van der Waals surface area contributed by atoms with Crippen molar-refractivity contribution in [2.24, 2.45) is 12.9 Å². The number of fused-ring (bicyclic) bond motifs is 1. The van der Waals surface area contributed by atoms with Crippen molar-refractivity contribution in [3.05, 3.63) is 35.0 Å². The molecule has 0 fully saturated rings. The SMILES string of the molecule is Cn1cc(CON)c2cc(Cl)ccc21. The second kappa shape index (κ2) is 3.61. The minimum atomic E-state index is 0.400. The summed E-state index contributed by atoms with van der Waals surface area (Å²) in [5.74, 6) is 5.06. The van der Waals surface area contributed by atoms with Gasteiger partial charge in [-0.1, -0.05) is 11.6 Å². The molecule has 0 unspecified atom stereocenters. The highest BCUT2D eigenvalue weighted by atomic mass is 35.5. The van der Waals surface area contributed by atoms with Gasteiger partial charge in [-0.15, -0.1) is 0 Å². The lowest BCUT2D eigenvalue weighted by Gasteiger charge is -1.97. The Balaban J connectivity index is 2.66. The van der Waals surface area contributed by atoms with Gasteiger partial charge in [-0.05, 0) is 18.2 Å². The van der Waals surface area contributed by atoms with Crippen LogP contribution in [0.2, 0.25) is 5.02 Å². The van der Waals surface area contributed by atoms with Gasteiger partial charge in [0.15, 0.2) is 0 Å². The van der Waals surface area contributed by atoms with Crippen LogP contribution in [0.5, 0.6) is 0 Å². The van der Waals surface area contributed by atoms with Crippen molar-refractivity contribution in [3.8, 4) is 0 Å². The molecule has 2 aromatic rings. The third kappa shape index (κ3) is 1.50. The van der Waals surface area contributed by atoms with Crippen molar-refractivity contribution in [2.45, 2.75) is 6.61 Å². The largest absolute Gasteiger partial charge is 0.350 e. The summed E-state index contributed by atoms with van der Waals surface area (Å²) in [4.78, 5) is 4.63. The van der Waals surface area contributed by atoms with Crippen molar-refractivity contribution in [1.29, 1.82) is 0 Å². The van der Waals surface area contributed by atoms with Crippen LogP contribution in [-0.4, -0.2) is 4.57 Å². The van der Waals surface area contributed by atoms with E-state index in [2.05, 4.69) is 4.84 Å². The third-order valence-electron chi connectivity index (χ3n) is 2.27. The van der Waals surface area contributed by atoms with E-state index in [1.54, 1.807) is 0 Å². The number of nitrogens with zero attached hydrogens (tertiary/aromatic N) is 1. The predicted octanol–water partition coefficient (Wildman–Crippen LogP) is 2.22. The second-order valence-electron chi connectivity index (χ2n) is 3.24. The van der Waals surface area contributed by atoms with Crippen molar-refractivity contribution >= 4 is 22.5 Å². The lowest BCUT2D eigenvalue weighted by Crippen LogP contribution is -1.97. The Bertz CT molecular complexity index is 464. The molecular formula is C10H11ClN2O. The minimum Gasteiger partial charge on any atom is -0.350 e. The van der Waals surface area contributed by atoms with E-state index in [9.17, 15) is 0 Å². The zero-order valence-corrected chi connectivity index (χ0v) is 8.58. The number of halogens is 1. The molecule has 0 saturated carbocycles. The summed E-state index contributed by atoms with van der Waals surface area (Å²) in [5.41, 5.74) is 2.17. The molecule has 0 amide bonds. The topological polar surface area (TPSA) is 40.2 Å². The number of hydrogen-bond donors (Lipinski definition) is 1. The van der Waals surface area contributed by atoms with E-state index in [1.165, 1.54) is 0 Å². The fraction of sp³-hybridized carbons (Fsp3) is 0.200. The maximum atomic E-state index is 5.92. The molecule has 0 aliphatic heterocycles. The van der Waals surface area contributed by atoms with Crippen LogP contribution in [0.3, 0.4) is 0 Å². The Kier molecular flexibility index (Phi) is 2.46. The van der Waals surface area contributed by atoms with Gasteiger partial charge in [0.2, 0.25) is 0 Å². The number of nitrogens with two attached hydrogens (primary N) is 1. The molecule has 2 rings (SSSR count). The van der Waals surface area contributed by atoms with Crippen LogP contribution in [-0.2, 0) is 18.5 Å². The Morgan fingerprint density at radius 1 is 1.50 bits per heavy atom. The van der Waals surface area contributed by atoms with Gasteiger partial charge < -0.3 is 4.57 Å². The van der Waals surface area contributed by atoms with Crippen LogP contribution >= 0.6 is 11.6 Å². The molecule has 0 radical (unpaired) electrons. The standard InChI is InChI=1S/C10H11ClN2O/c1-13-5-7(6-14-12)9-4-8(11)2-3-10(9)13/h2-5H,6,12H2,1H3. The first kappa shape index (κ1) is 9.52. The third-order valence-corrected chi connectivity index (χ3v) is 2.51. The second-order valence-corrected chi connectivity index (χ2v) is 3.67.